The molecule has 268 valence electrons. The number of anilines is 3. The number of nitro benzene ring substituents is 1. The van der Waals surface area contributed by atoms with Crippen molar-refractivity contribution < 1.29 is 27.6 Å². The number of aryl methyl sites for hydroxylation is 2. The molecule has 0 saturated heterocycles. The molecule has 0 fully saturated rings. The van der Waals surface area contributed by atoms with Crippen LogP contribution in [0.2, 0.25) is 0 Å². The Balaban J connectivity index is 0.957. The van der Waals surface area contributed by atoms with Gasteiger partial charge in [-0.15, -0.1) is 0 Å². The Morgan fingerprint density at radius 1 is 0.980 bits per heavy atom. The summed E-state index contributed by atoms with van der Waals surface area (Å²) in [5.41, 5.74) is 12.6. The minimum Gasteiger partial charge on any atom is -0.401 e. The first-order valence-corrected chi connectivity index (χ1v) is 18.0. The van der Waals surface area contributed by atoms with Gasteiger partial charge in [0.15, 0.2) is 5.52 Å². The van der Waals surface area contributed by atoms with E-state index >= 15 is 0 Å². The molecule has 3 aromatic carbocycles. The SMILES string of the molecule is N/C(=C\N(N)CCCNc1ccc([N+](=O)[O-])c2nonc12)CCC(=O)Nc1cccc(S(=O)(=O)NC(=O)Nc2c3c(cc4c2CCC4)CCC3)c1. The van der Waals surface area contributed by atoms with E-state index in [1.165, 1.54) is 52.7 Å². The summed E-state index contributed by atoms with van der Waals surface area (Å²) in [4.78, 5) is 36.1. The van der Waals surface area contributed by atoms with Crippen LogP contribution in [0.25, 0.3) is 11.0 Å². The molecule has 6 rings (SSSR count). The third kappa shape index (κ3) is 8.18. The van der Waals surface area contributed by atoms with E-state index in [4.69, 9.17) is 11.6 Å². The molecule has 8 N–H and O–H groups in total. The number of hydrogen-bond acceptors (Lipinski definition) is 13. The van der Waals surface area contributed by atoms with Crippen molar-refractivity contribution in [2.75, 3.05) is 29.0 Å². The topological polar surface area (TPSA) is 254 Å². The van der Waals surface area contributed by atoms with Gasteiger partial charge in [-0.3, -0.25) is 14.9 Å². The number of hydrazine groups is 1. The second-order valence-electron chi connectivity index (χ2n) is 12.4. The van der Waals surface area contributed by atoms with Gasteiger partial charge in [0.25, 0.3) is 10.0 Å². The molecule has 4 aromatic rings. The van der Waals surface area contributed by atoms with Gasteiger partial charge in [0.2, 0.25) is 11.4 Å². The lowest BCUT2D eigenvalue weighted by Gasteiger charge is -2.17. The van der Waals surface area contributed by atoms with Crippen LogP contribution in [-0.4, -0.2) is 53.7 Å². The van der Waals surface area contributed by atoms with Crippen LogP contribution in [0, 0.1) is 10.1 Å². The number of fused-ring (bicyclic) bond motifs is 3. The third-order valence-corrected chi connectivity index (χ3v) is 10.2. The highest BCUT2D eigenvalue weighted by Crippen LogP contribution is 2.38. The quantitative estimate of drug-likeness (QED) is 0.0470. The number of aromatic nitrogens is 2. The van der Waals surface area contributed by atoms with Crippen molar-refractivity contribution in [1.29, 1.82) is 0 Å². The number of hydrogen-bond donors (Lipinski definition) is 6. The van der Waals surface area contributed by atoms with E-state index in [0.29, 0.717) is 30.9 Å². The number of nitrogens with two attached hydrogens (primary N) is 2. The minimum atomic E-state index is -4.24. The van der Waals surface area contributed by atoms with E-state index in [0.717, 1.165) is 55.3 Å². The van der Waals surface area contributed by atoms with Crippen LogP contribution < -0.4 is 32.2 Å². The lowest BCUT2D eigenvalue weighted by molar-refractivity contribution is -0.383. The monoisotopic (exact) mass is 718 g/mol. The van der Waals surface area contributed by atoms with Crippen LogP contribution >= 0.6 is 0 Å². The molecule has 2 aliphatic carbocycles. The zero-order valence-electron chi connectivity index (χ0n) is 27.6. The molecule has 0 spiro atoms. The van der Waals surface area contributed by atoms with Gasteiger partial charge >= 0.3 is 11.7 Å². The molecule has 0 radical (unpaired) electrons. The van der Waals surface area contributed by atoms with Gasteiger partial charge in [-0.1, -0.05) is 12.1 Å². The van der Waals surface area contributed by atoms with E-state index in [9.17, 15) is 28.1 Å². The second kappa shape index (κ2) is 15.0. The van der Waals surface area contributed by atoms with Crippen molar-refractivity contribution in [3.63, 3.8) is 0 Å². The number of sulfonamides is 1. The van der Waals surface area contributed by atoms with Gasteiger partial charge in [0.1, 0.15) is 0 Å². The van der Waals surface area contributed by atoms with E-state index in [2.05, 4.69) is 41.7 Å². The van der Waals surface area contributed by atoms with Crippen LogP contribution in [0.15, 0.2) is 63.9 Å². The Labute approximate surface area is 292 Å². The number of benzene rings is 3. The fourth-order valence-electron chi connectivity index (χ4n) is 6.48. The fraction of sp³-hybridized carbons (Fsp3) is 0.333. The highest BCUT2D eigenvalue weighted by atomic mass is 32.2. The molecule has 0 unspecified atom stereocenters. The lowest BCUT2D eigenvalue weighted by atomic mass is 9.99. The molecule has 0 atom stereocenters. The maximum atomic E-state index is 13.1. The van der Waals surface area contributed by atoms with E-state index < -0.39 is 26.9 Å². The molecule has 1 heterocycles. The van der Waals surface area contributed by atoms with Crippen molar-refractivity contribution in [3.05, 3.63) is 86.7 Å². The van der Waals surface area contributed by atoms with E-state index in [1.54, 1.807) is 6.07 Å². The zero-order valence-corrected chi connectivity index (χ0v) is 28.4. The van der Waals surface area contributed by atoms with Crippen LogP contribution in [0.5, 0.6) is 0 Å². The summed E-state index contributed by atoms with van der Waals surface area (Å²) in [7, 11) is -4.24. The normalized spacial score (nSPS) is 13.8. The van der Waals surface area contributed by atoms with Crippen LogP contribution in [0.1, 0.15) is 54.4 Å². The summed E-state index contributed by atoms with van der Waals surface area (Å²) in [5, 5.41) is 28.5. The molecule has 3 amide bonds. The van der Waals surface area contributed by atoms with Crippen LogP contribution in [0.4, 0.5) is 27.5 Å². The number of carbonyl (C=O) groups excluding carboxylic acids is 2. The van der Waals surface area contributed by atoms with E-state index in [-0.39, 0.29) is 40.1 Å². The summed E-state index contributed by atoms with van der Waals surface area (Å²) in [6.07, 6.45) is 7.86. The highest BCUT2D eigenvalue weighted by molar-refractivity contribution is 7.90. The third-order valence-electron chi connectivity index (χ3n) is 8.84. The van der Waals surface area contributed by atoms with Gasteiger partial charge in [-0.25, -0.2) is 28.4 Å². The van der Waals surface area contributed by atoms with Gasteiger partial charge in [-0.2, -0.15) is 0 Å². The van der Waals surface area contributed by atoms with E-state index in [1.807, 2.05) is 0 Å². The zero-order chi connectivity index (χ0) is 36.1. The summed E-state index contributed by atoms with van der Waals surface area (Å²) in [6.45, 7) is 0.853. The lowest BCUT2D eigenvalue weighted by Crippen LogP contribution is -2.35. The Kier molecular flexibility index (Phi) is 10.3. The number of rotatable bonds is 14. The first-order chi connectivity index (χ1) is 24.5. The van der Waals surface area contributed by atoms with Gasteiger partial charge in [0.05, 0.1) is 15.5 Å². The molecule has 0 saturated carbocycles. The van der Waals surface area contributed by atoms with Crippen molar-refractivity contribution in [2.45, 2.75) is 62.7 Å². The van der Waals surface area contributed by atoms with Crippen molar-refractivity contribution >= 4 is 55.7 Å². The van der Waals surface area contributed by atoms with Crippen molar-refractivity contribution in [2.24, 2.45) is 11.6 Å². The molecular weight excluding hydrogens is 680 g/mol. The van der Waals surface area contributed by atoms with Crippen molar-refractivity contribution in [1.82, 2.24) is 20.0 Å². The maximum Gasteiger partial charge on any atom is 0.333 e. The number of urea groups is 1. The van der Waals surface area contributed by atoms with Crippen molar-refractivity contribution in [3.8, 4) is 0 Å². The van der Waals surface area contributed by atoms with Gasteiger partial charge in [0, 0.05) is 48.8 Å². The number of amides is 3. The summed E-state index contributed by atoms with van der Waals surface area (Å²) >= 11 is 0. The molecule has 2 aliphatic rings. The molecular formula is C33H38N10O7S. The number of nitrogens with one attached hydrogen (secondary N) is 4. The molecule has 51 heavy (non-hydrogen) atoms. The molecule has 0 bridgehead atoms. The number of carbonyl (C=O) groups is 2. The molecule has 0 aliphatic heterocycles. The number of allylic oxidation sites excluding steroid dienone is 1. The Morgan fingerprint density at radius 3 is 2.43 bits per heavy atom. The summed E-state index contributed by atoms with van der Waals surface area (Å²) in [6, 6.07) is 9.88. The second-order valence-corrected chi connectivity index (χ2v) is 14.1. The number of non-ortho nitro benzene ring substituents is 1. The smallest absolute Gasteiger partial charge is 0.333 e. The maximum absolute atomic E-state index is 13.1. The summed E-state index contributed by atoms with van der Waals surface area (Å²) in [5.74, 6) is 5.64. The highest BCUT2D eigenvalue weighted by Gasteiger charge is 2.27. The Hall–Kier alpha value is -5.75. The predicted molar refractivity (Wildman–Crippen MR) is 189 cm³/mol. The summed E-state index contributed by atoms with van der Waals surface area (Å²) < 4.78 is 33.1. The number of nitrogens with zero attached hydrogens (tertiary/aromatic N) is 4. The number of nitro groups is 1. The predicted octanol–water partition coefficient (Wildman–Crippen LogP) is 3.82. The first-order valence-electron chi connectivity index (χ1n) is 16.5. The fourth-order valence-corrected chi connectivity index (χ4v) is 7.43. The molecule has 1 aromatic heterocycles. The van der Waals surface area contributed by atoms with Crippen LogP contribution in [-0.2, 0) is 40.5 Å². The average Bonchev–Trinajstić information content (AvgIpc) is 3.87. The molecule has 18 heteroatoms. The van der Waals surface area contributed by atoms with Gasteiger partial charge < -0.3 is 26.7 Å². The standard InChI is InChI=1S/C33H38N10O7S/c34-22(19-42(35)16-4-15-36-27-12-13-28(43(46)47)32-31(27)39-50-40-32)11-14-29(44)37-23-7-3-8-24(18-23)51(48,49)41-33(45)38-30-25-9-1-5-20(25)17-21-6-2-10-26(21)30/h3,7-8,12-13,17-19,36H,1-2,4-6,9-11,14-16,34-35H2,(H,37,44)(H2,38,41,45)/b22-19-. The first kappa shape index (κ1) is 35.1. The largest absolute Gasteiger partial charge is 0.401 e. The van der Waals surface area contributed by atoms with Crippen LogP contribution in [0.3, 0.4) is 0 Å². The minimum absolute atomic E-state index is 0.00294. The average molecular weight is 719 g/mol. The van der Waals surface area contributed by atoms with Gasteiger partial charge in [-0.05, 0) is 108 Å². The molecule has 17 nitrogen and oxygen atoms in total. The Bertz CT molecular complexity index is 2100. The Morgan fingerprint density at radius 2 is 1.71 bits per heavy atom.